The smallest absolute Gasteiger partial charge is 0.334 e. The minimum Gasteiger partial charge on any atom is -0.334 e. The van der Waals surface area contributed by atoms with Crippen molar-refractivity contribution < 1.29 is 18.0 Å². The zero-order chi connectivity index (χ0) is 14.0. The summed E-state index contributed by atoms with van der Waals surface area (Å²) in [6.07, 6.45) is 0.00357. The third kappa shape index (κ3) is 2.85. The Labute approximate surface area is 105 Å². The van der Waals surface area contributed by atoms with Crippen LogP contribution in [-0.4, -0.2) is 35.1 Å². The minimum absolute atomic E-state index is 0.104. The lowest BCUT2D eigenvalue weighted by molar-refractivity contribution is -0.194. The summed E-state index contributed by atoms with van der Waals surface area (Å²) in [5, 5.41) is 0. The molecule has 0 aromatic rings. The fourth-order valence-corrected chi connectivity index (χ4v) is 2.17. The van der Waals surface area contributed by atoms with E-state index in [1.165, 1.54) is 11.0 Å². The number of amides is 1. The van der Waals surface area contributed by atoms with Gasteiger partial charge in [-0.2, -0.15) is 13.2 Å². The third-order valence-corrected chi connectivity index (χ3v) is 3.39. The van der Waals surface area contributed by atoms with Gasteiger partial charge in [0.25, 0.3) is 5.91 Å². The number of carbonyl (C=O) groups excluding carboxylic acids is 1. The van der Waals surface area contributed by atoms with E-state index in [1.54, 1.807) is 0 Å². The van der Waals surface area contributed by atoms with Gasteiger partial charge in [-0.25, -0.2) is 0 Å². The highest BCUT2D eigenvalue weighted by molar-refractivity contribution is 5.87. The zero-order valence-electron chi connectivity index (χ0n) is 10.5. The Balaban J connectivity index is 2.91. The van der Waals surface area contributed by atoms with E-state index >= 15 is 0 Å². The van der Waals surface area contributed by atoms with Crippen molar-refractivity contribution in [2.75, 3.05) is 6.54 Å². The van der Waals surface area contributed by atoms with Gasteiger partial charge in [0.2, 0.25) is 0 Å². The lowest BCUT2D eigenvalue weighted by Gasteiger charge is -2.36. The molecule has 1 amide bonds. The Morgan fingerprint density at radius 2 is 1.94 bits per heavy atom. The van der Waals surface area contributed by atoms with Gasteiger partial charge in [-0.15, -0.1) is 6.58 Å². The number of nitrogens with zero attached hydrogens (tertiary/aromatic N) is 1. The Morgan fingerprint density at radius 1 is 1.44 bits per heavy atom. The van der Waals surface area contributed by atoms with Crippen LogP contribution in [0.3, 0.4) is 0 Å². The van der Waals surface area contributed by atoms with Gasteiger partial charge >= 0.3 is 6.18 Å². The van der Waals surface area contributed by atoms with Gasteiger partial charge in [0.15, 0.2) is 5.54 Å². The van der Waals surface area contributed by atoms with Crippen molar-refractivity contribution in [1.29, 1.82) is 0 Å². The summed E-state index contributed by atoms with van der Waals surface area (Å²) in [6, 6.07) is -0.152. The average Bonchev–Trinajstić information content (AvgIpc) is 2.76. The van der Waals surface area contributed by atoms with E-state index in [0.29, 0.717) is 0 Å². The van der Waals surface area contributed by atoms with Gasteiger partial charge in [-0.3, -0.25) is 4.79 Å². The van der Waals surface area contributed by atoms with Crippen LogP contribution in [0.2, 0.25) is 0 Å². The number of carbonyl (C=O) groups is 1. The molecule has 104 valence electrons. The highest BCUT2D eigenvalue weighted by Crippen LogP contribution is 2.32. The first-order valence-electron chi connectivity index (χ1n) is 5.99. The fraction of sp³-hybridized carbons (Fsp3) is 0.750. The normalized spacial score (nSPS) is 20.5. The highest BCUT2D eigenvalue weighted by Gasteiger charge is 2.55. The van der Waals surface area contributed by atoms with Crippen molar-refractivity contribution >= 4 is 5.91 Å². The topological polar surface area (TPSA) is 46.3 Å². The average molecular weight is 264 g/mol. The van der Waals surface area contributed by atoms with E-state index in [4.69, 9.17) is 5.73 Å². The van der Waals surface area contributed by atoms with Crippen LogP contribution >= 0.6 is 0 Å². The molecule has 0 aliphatic heterocycles. The summed E-state index contributed by atoms with van der Waals surface area (Å²) in [5.74, 6) is -1.07. The molecule has 0 radical (unpaired) electrons. The van der Waals surface area contributed by atoms with Gasteiger partial charge in [0.1, 0.15) is 0 Å². The van der Waals surface area contributed by atoms with Crippen molar-refractivity contribution in [3.8, 4) is 0 Å². The molecule has 18 heavy (non-hydrogen) atoms. The maximum atomic E-state index is 12.8. The molecule has 0 spiro atoms. The molecule has 1 unspecified atom stereocenters. The monoisotopic (exact) mass is 264 g/mol. The zero-order valence-corrected chi connectivity index (χ0v) is 10.5. The van der Waals surface area contributed by atoms with Crippen molar-refractivity contribution in [3.63, 3.8) is 0 Å². The van der Waals surface area contributed by atoms with Gasteiger partial charge in [0.05, 0.1) is 0 Å². The molecule has 0 aromatic heterocycles. The summed E-state index contributed by atoms with van der Waals surface area (Å²) >= 11 is 0. The van der Waals surface area contributed by atoms with Crippen LogP contribution in [0.15, 0.2) is 12.7 Å². The van der Waals surface area contributed by atoms with Crippen molar-refractivity contribution in [2.45, 2.75) is 50.4 Å². The molecule has 1 aliphatic carbocycles. The molecule has 2 N–H and O–H groups in total. The van der Waals surface area contributed by atoms with Crippen LogP contribution in [0.25, 0.3) is 0 Å². The fourth-order valence-electron chi connectivity index (χ4n) is 2.17. The molecular formula is C12H19F3N2O. The van der Waals surface area contributed by atoms with Crippen molar-refractivity contribution in [1.82, 2.24) is 4.90 Å². The number of hydrogen-bond donors (Lipinski definition) is 1. The maximum absolute atomic E-state index is 12.8. The SMILES string of the molecule is C=CCN(C(=O)C(C)(N)C(F)(F)F)C1CCCC1. The Kier molecular flexibility index (Phi) is 4.42. The van der Waals surface area contributed by atoms with E-state index < -0.39 is 17.6 Å². The van der Waals surface area contributed by atoms with Crippen LogP contribution in [-0.2, 0) is 4.79 Å². The summed E-state index contributed by atoms with van der Waals surface area (Å²) in [7, 11) is 0. The highest BCUT2D eigenvalue weighted by atomic mass is 19.4. The van der Waals surface area contributed by atoms with E-state index in [0.717, 1.165) is 32.6 Å². The van der Waals surface area contributed by atoms with Gasteiger partial charge in [0, 0.05) is 12.6 Å². The summed E-state index contributed by atoms with van der Waals surface area (Å²) in [5.41, 5.74) is 2.35. The Hall–Kier alpha value is -1.04. The van der Waals surface area contributed by atoms with E-state index in [2.05, 4.69) is 6.58 Å². The molecule has 1 aliphatic rings. The summed E-state index contributed by atoms with van der Waals surface area (Å²) in [6.45, 7) is 4.31. The molecule has 1 saturated carbocycles. The first kappa shape index (κ1) is 15.0. The predicted octanol–water partition coefficient (Wildman–Crippen LogP) is 2.22. The van der Waals surface area contributed by atoms with Crippen LogP contribution in [0, 0.1) is 0 Å². The van der Waals surface area contributed by atoms with Gasteiger partial charge < -0.3 is 10.6 Å². The second kappa shape index (κ2) is 5.30. The molecule has 6 heteroatoms. The molecule has 0 aromatic carbocycles. The van der Waals surface area contributed by atoms with Crippen LogP contribution < -0.4 is 5.73 Å². The molecule has 0 bridgehead atoms. The Morgan fingerprint density at radius 3 is 2.33 bits per heavy atom. The van der Waals surface area contributed by atoms with Crippen molar-refractivity contribution in [3.05, 3.63) is 12.7 Å². The molecule has 0 saturated heterocycles. The number of rotatable bonds is 4. The Bertz CT molecular complexity index is 320. The standard InChI is InChI=1S/C12H19F3N2O/c1-3-8-17(9-6-4-5-7-9)10(18)11(2,16)12(13,14)15/h3,9H,1,4-8,16H2,2H3. The molecular weight excluding hydrogens is 245 g/mol. The quantitative estimate of drug-likeness (QED) is 0.791. The lowest BCUT2D eigenvalue weighted by atomic mass is 9.99. The van der Waals surface area contributed by atoms with Gasteiger partial charge in [-0.1, -0.05) is 18.9 Å². The van der Waals surface area contributed by atoms with E-state index in [1.807, 2.05) is 0 Å². The summed E-state index contributed by atoms with van der Waals surface area (Å²) in [4.78, 5) is 13.2. The number of hydrogen-bond acceptors (Lipinski definition) is 2. The number of alkyl halides is 3. The largest absolute Gasteiger partial charge is 0.415 e. The first-order valence-corrected chi connectivity index (χ1v) is 5.99. The van der Waals surface area contributed by atoms with Crippen molar-refractivity contribution in [2.24, 2.45) is 5.73 Å². The molecule has 0 heterocycles. The second-order valence-corrected chi connectivity index (χ2v) is 4.88. The van der Waals surface area contributed by atoms with Crippen LogP contribution in [0.5, 0.6) is 0 Å². The summed E-state index contributed by atoms with van der Waals surface area (Å²) < 4.78 is 38.3. The minimum atomic E-state index is -4.75. The molecule has 1 atom stereocenters. The van der Waals surface area contributed by atoms with E-state index in [9.17, 15) is 18.0 Å². The number of nitrogens with two attached hydrogens (primary N) is 1. The molecule has 1 rings (SSSR count). The van der Waals surface area contributed by atoms with Gasteiger partial charge in [-0.05, 0) is 19.8 Å². The molecule has 1 fully saturated rings. The maximum Gasteiger partial charge on any atom is 0.415 e. The third-order valence-electron chi connectivity index (χ3n) is 3.39. The predicted molar refractivity (Wildman–Crippen MR) is 62.8 cm³/mol. The van der Waals surface area contributed by atoms with E-state index in [-0.39, 0.29) is 12.6 Å². The van der Waals surface area contributed by atoms with Crippen LogP contribution in [0.1, 0.15) is 32.6 Å². The number of halogens is 3. The first-order chi connectivity index (χ1) is 8.21. The molecule has 3 nitrogen and oxygen atoms in total. The van der Waals surface area contributed by atoms with Crippen LogP contribution in [0.4, 0.5) is 13.2 Å². The second-order valence-electron chi connectivity index (χ2n) is 4.88. The lowest BCUT2D eigenvalue weighted by Crippen LogP contribution is -2.63.